The Labute approximate surface area is 107 Å². The molecule has 0 spiro atoms. The lowest BCUT2D eigenvalue weighted by Gasteiger charge is -2.22. The molecule has 1 saturated heterocycles. The zero-order valence-electron chi connectivity index (χ0n) is 10.8. The van der Waals surface area contributed by atoms with E-state index in [4.69, 9.17) is 4.74 Å². The van der Waals surface area contributed by atoms with Crippen LogP contribution in [0.5, 0.6) is 0 Å². The van der Waals surface area contributed by atoms with Crippen LogP contribution >= 0.6 is 0 Å². The lowest BCUT2D eigenvalue weighted by molar-refractivity contribution is 0.0705. The summed E-state index contributed by atoms with van der Waals surface area (Å²) in [4.78, 5) is 18.1. The van der Waals surface area contributed by atoms with Gasteiger partial charge in [0.2, 0.25) is 0 Å². The summed E-state index contributed by atoms with van der Waals surface area (Å²) < 4.78 is 5.29. The zero-order valence-corrected chi connectivity index (χ0v) is 10.8. The van der Waals surface area contributed by atoms with E-state index in [1.54, 1.807) is 17.2 Å². The molecule has 18 heavy (non-hydrogen) atoms. The van der Waals surface area contributed by atoms with E-state index in [1.165, 1.54) is 0 Å². The molecular weight excluding hydrogens is 230 g/mol. The van der Waals surface area contributed by atoms with Gasteiger partial charge in [-0.2, -0.15) is 0 Å². The molecule has 5 nitrogen and oxygen atoms in total. The third-order valence-electron chi connectivity index (χ3n) is 3.14. The number of likely N-dealkylation sites (N-methyl/N-ethyl adjacent to an activating group) is 1. The molecule has 1 atom stereocenters. The molecule has 1 aromatic heterocycles. The quantitative estimate of drug-likeness (QED) is 0.875. The number of anilines is 1. The first-order valence-corrected chi connectivity index (χ1v) is 6.27. The van der Waals surface area contributed by atoms with Crippen molar-refractivity contribution in [2.45, 2.75) is 19.4 Å². The fourth-order valence-electron chi connectivity index (χ4n) is 2.00. The van der Waals surface area contributed by atoms with Crippen molar-refractivity contribution in [3.63, 3.8) is 0 Å². The zero-order chi connectivity index (χ0) is 13.0. The van der Waals surface area contributed by atoms with Crippen LogP contribution in [0.25, 0.3) is 0 Å². The molecule has 1 aromatic rings. The van der Waals surface area contributed by atoms with E-state index in [2.05, 4.69) is 10.3 Å². The fraction of sp³-hybridized carbons (Fsp3) is 0.538. The summed E-state index contributed by atoms with van der Waals surface area (Å²) in [5, 5.41) is 3.15. The van der Waals surface area contributed by atoms with Crippen LogP contribution in [0.3, 0.4) is 0 Å². The predicted octanol–water partition coefficient (Wildman–Crippen LogP) is 1.37. The molecule has 2 rings (SSSR count). The Bertz CT molecular complexity index is 399. The molecule has 1 aliphatic heterocycles. The maximum Gasteiger partial charge on any atom is 0.272 e. The molecule has 5 heteroatoms. The van der Waals surface area contributed by atoms with Gasteiger partial charge in [0.25, 0.3) is 5.91 Å². The van der Waals surface area contributed by atoms with Crippen LogP contribution in [0, 0.1) is 0 Å². The first-order chi connectivity index (χ1) is 8.72. The van der Waals surface area contributed by atoms with Crippen molar-refractivity contribution in [2.75, 3.05) is 32.1 Å². The maximum absolute atomic E-state index is 12.2. The molecule has 0 saturated carbocycles. The highest BCUT2D eigenvalue weighted by Gasteiger charge is 2.25. The largest absolute Gasteiger partial charge is 0.384 e. The van der Waals surface area contributed by atoms with E-state index < -0.39 is 0 Å². The molecule has 1 unspecified atom stereocenters. The number of aromatic nitrogens is 1. The smallest absolute Gasteiger partial charge is 0.272 e. The maximum atomic E-state index is 12.2. The Kier molecular flexibility index (Phi) is 4.15. The normalized spacial score (nSPS) is 18.7. The minimum atomic E-state index is -0.0476. The number of nitrogens with zero attached hydrogens (tertiary/aromatic N) is 2. The van der Waals surface area contributed by atoms with Gasteiger partial charge in [0, 0.05) is 20.2 Å². The average Bonchev–Trinajstić information content (AvgIpc) is 2.92. The highest BCUT2D eigenvalue weighted by atomic mass is 16.5. The van der Waals surface area contributed by atoms with Crippen LogP contribution in [0.4, 0.5) is 5.69 Å². The van der Waals surface area contributed by atoms with E-state index >= 15 is 0 Å². The van der Waals surface area contributed by atoms with Crippen molar-refractivity contribution in [2.24, 2.45) is 0 Å². The van der Waals surface area contributed by atoms with Gasteiger partial charge in [0.1, 0.15) is 5.69 Å². The summed E-state index contributed by atoms with van der Waals surface area (Å²) in [6.07, 6.45) is 2.59. The Morgan fingerprint density at radius 2 is 2.44 bits per heavy atom. The number of pyridine rings is 1. The second-order valence-corrected chi connectivity index (χ2v) is 4.40. The van der Waals surface area contributed by atoms with Gasteiger partial charge >= 0.3 is 0 Å². The molecule has 1 fully saturated rings. The van der Waals surface area contributed by atoms with E-state index in [9.17, 15) is 4.79 Å². The minimum absolute atomic E-state index is 0.0476. The van der Waals surface area contributed by atoms with Crippen molar-refractivity contribution in [1.29, 1.82) is 0 Å². The Balaban J connectivity index is 2.03. The van der Waals surface area contributed by atoms with Gasteiger partial charge in [-0.1, -0.05) is 0 Å². The first kappa shape index (κ1) is 12.8. The average molecular weight is 249 g/mol. The van der Waals surface area contributed by atoms with E-state index in [1.807, 2.05) is 20.0 Å². The molecular formula is C13H19N3O2. The number of nitrogens with one attached hydrogen (secondary N) is 1. The van der Waals surface area contributed by atoms with E-state index in [0.717, 1.165) is 25.3 Å². The van der Waals surface area contributed by atoms with Crippen molar-refractivity contribution >= 4 is 11.6 Å². The Morgan fingerprint density at radius 3 is 3.00 bits per heavy atom. The molecule has 0 bridgehead atoms. The second kappa shape index (κ2) is 5.82. The van der Waals surface area contributed by atoms with Crippen molar-refractivity contribution < 1.29 is 9.53 Å². The molecule has 1 N–H and O–H groups in total. The number of hydrogen-bond acceptors (Lipinski definition) is 4. The van der Waals surface area contributed by atoms with E-state index in [0.29, 0.717) is 12.3 Å². The third-order valence-corrected chi connectivity index (χ3v) is 3.14. The van der Waals surface area contributed by atoms with Gasteiger partial charge in [0.15, 0.2) is 0 Å². The molecule has 0 aromatic carbocycles. The van der Waals surface area contributed by atoms with Gasteiger partial charge in [-0.15, -0.1) is 0 Å². The number of ether oxygens (including phenoxy) is 1. The van der Waals surface area contributed by atoms with E-state index in [-0.39, 0.29) is 11.9 Å². The molecule has 0 aliphatic carbocycles. The standard InChI is InChI=1S/C13H19N3O2/c1-3-14-10-4-5-12(15-8-10)13(17)16(2)11-6-7-18-9-11/h4-5,8,11,14H,3,6-7,9H2,1-2H3. The molecule has 2 heterocycles. The molecule has 1 aliphatic rings. The number of amides is 1. The highest BCUT2D eigenvalue weighted by molar-refractivity contribution is 5.92. The molecule has 0 radical (unpaired) electrons. The molecule has 1 amide bonds. The van der Waals surface area contributed by atoms with Gasteiger partial charge < -0.3 is 15.0 Å². The molecule has 98 valence electrons. The van der Waals surface area contributed by atoms with Crippen molar-refractivity contribution in [3.8, 4) is 0 Å². The lowest BCUT2D eigenvalue weighted by Crippen LogP contribution is -2.37. The Hall–Kier alpha value is -1.62. The number of rotatable bonds is 4. The van der Waals surface area contributed by atoms with Gasteiger partial charge in [0.05, 0.1) is 24.5 Å². The van der Waals surface area contributed by atoms with Crippen LogP contribution < -0.4 is 5.32 Å². The summed E-state index contributed by atoms with van der Waals surface area (Å²) in [6.45, 7) is 4.22. The predicted molar refractivity (Wildman–Crippen MR) is 69.7 cm³/mol. The second-order valence-electron chi connectivity index (χ2n) is 4.40. The summed E-state index contributed by atoms with van der Waals surface area (Å²) in [7, 11) is 1.81. The fourth-order valence-corrected chi connectivity index (χ4v) is 2.00. The van der Waals surface area contributed by atoms with Crippen molar-refractivity contribution in [1.82, 2.24) is 9.88 Å². The highest BCUT2D eigenvalue weighted by Crippen LogP contribution is 2.14. The van der Waals surface area contributed by atoms with Crippen LogP contribution in [0.1, 0.15) is 23.8 Å². The summed E-state index contributed by atoms with van der Waals surface area (Å²) in [6, 6.07) is 3.81. The summed E-state index contributed by atoms with van der Waals surface area (Å²) in [5.74, 6) is -0.0476. The number of carbonyl (C=O) groups excluding carboxylic acids is 1. The number of hydrogen-bond donors (Lipinski definition) is 1. The topological polar surface area (TPSA) is 54.5 Å². The van der Waals surface area contributed by atoms with Gasteiger partial charge in [-0.25, -0.2) is 4.98 Å². The third kappa shape index (κ3) is 2.79. The SMILES string of the molecule is CCNc1ccc(C(=O)N(C)C2CCOC2)nc1. The van der Waals surface area contributed by atoms with Gasteiger partial charge in [-0.3, -0.25) is 4.79 Å². The monoisotopic (exact) mass is 249 g/mol. The van der Waals surface area contributed by atoms with Crippen LogP contribution in [-0.2, 0) is 4.74 Å². The summed E-state index contributed by atoms with van der Waals surface area (Å²) in [5.41, 5.74) is 1.41. The minimum Gasteiger partial charge on any atom is -0.384 e. The number of carbonyl (C=O) groups is 1. The van der Waals surface area contributed by atoms with Gasteiger partial charge in [-0.05, 0) is 25.5 Å². The lowest BCUT2D eigenvalue weighted by atomic mass is 10.2. The van der Waals surface area contributed by atoms with Crippen LogP contribution in [0.2, 0.25) is 0 Å². The van der Waals surface area contributed by atoms with Crippen LogP contribution in [-0.4, -0.2) is 48.6 Å². The van der Waals surface area contributed by atoms with Crippen molar-refractivity contribution in [3.05, 3.63) is 24.0 Å². The summed E-state index contributed by atoms with van der Waals surface area (Å²) >= 11 is 0. The Morgan fingerprint density at radius 1 is 1.61 bits per heavy atom. The first-order valence-electron chi connectivity index (χ1n) is 6.27. The van der Waals surface area contributed by atoms with Crippen LogP contribution in [0.15, 0.2) is 18.3 Å².